The molecule has 0 aliphatic carbocycles. The standard InChI is InChI=1S/C16H11ClF3NO3/c17-12-7-2-1-6-11(12)14(22)21-13(15(23)24)9-4-3-5-10(8-9)16(18,19)20/h1-8,13H,(H,21,22)(H,23,24). The van der Waals surface area contributed by atoms with E-state index in [0.717, 1.165) is 12.1 Å². The minimum Gasteiger partial charge on any atom is -0.479 e. The smallest absolute Gasteiger partial charge is 0.416 e. The molecule has 0 aliphatic rings. The zero-order valence-corrected chi connectivity index (χ0v) is 12.7. The van der Waals surface area contributed by atoms with Gasteiger partial charge in [0.2, 0.25) is 0 Å². The molecule has 0 aromatic heterocycles. The van der Waals surface area contributed by atoms with Crippen molar-refractivity contribution >= 4 is 23.5 Å². The van der Waals surface area contributed by atoms with Gasteiger partial charge in [-0.3, -0.25) is 4.79 Å². The van der Waals surface area contributed by atoms with Crippen LogP contribution in [-0.2, 0) is 11.0 Å². The first-order valence-corrected chi connectivity index (χ1v) is 7.03. The van der Waals surface area contributed by atoms with Crippen LogP contribution >= 0.6 is 11.6 Å². The van der Waals surface area contributed by atoms with Crippen LogP contribution in [0.5, 0.6) is 0 Å². The van der Waals surface area contributed by atoms with Gasteiger partial charge >= 0.3 is 12.1 Å². The molecule has 0 fully saturated rings. The van der Waals surface area contributed by atoms with Gasteiger partial charge in [-0.2, -0.15) is 13.2 Å². The van der Waals surface area contributed by atoms with E-state index in [1.54, 1.807) is 6.07 Å². The van der Waals surface area contributed by atoms with Crippen molar-refractivity contribution in [2.24, 2.45) is 0 Å². The van der Waals surface area contributed by atoms with Gasteiger partial charge in [-0.25, -0.2) is 4.79 Å². The highest BCUT2D eigenvalue weighted by Gasteiger charge is 2.32. The van der Waals surface area contributed by atoms with Crippen LogP contribution in [0, 0.1) is 0 Å². The first-order chi connectivity index (χ1) is 11.2. The van der Waals surface area contributed by atoms with Crippen molar-refractivity contribution in [2.75, 3.05) is 0 Å². The summed E-state index contributed by atoms with van der Waals surface area (Å²) >= 11 is 5.86. The Hall–Kier alpha value is -2.54. The number of nitrogens with one attached hydrogen (secondary N) is 1. The van der Waals surface area contributed by atoms with E-state index in [1.165, 1.54) is 24.3 Å². The van der Waals surface area contributed by atoms with E-state index in [0.29, 0.717) is 6.07 Å². The lowest BCUT2D eigenvalue weighted by molar-refractivity contribution is -0.140. The Labute approximate surface area is 139 Å². The highest BCUT2D eigenvalue weighted by atomic mass is 35.5. The first-order valence-electron chi connectivity index (χ1n) is 6.65. The summed E-state index contributed by atoms with van der Waals surface area (Å²) in [4.78, 5) is 23.5. The summed E-state index contributed by atoms with van der Waals surface area (Å²) in [6.45, 7) is 0. The Balaban J connectivity index is 2.33. The third kappa shape index (κ3) is 4.05. The summed E-state index contributed by atoms with van der Waals surface area (Å²) in [5.74, 6) is -2.29. The van der Waals surface area contributed by atoms with E-state index in [1.807, 2.05) is 0 Å². The molecule has 4 nitrogen and oxygen atoms in total. The van der Waals surface area contributed by atoms with E-state index in [2.05, 4.69) is 5.32 Å². The number of carboxylic acid groups (broad SMARTS) is 1. The molecule has 0 spiro atoms. The number of hydrogen-bond donors (Lipinski definition) is 2. The van der Waals surface area contributed by atoms with Gasteiger partial charge < -0.3 is 10.4 Å². The molecule has 0 heterocycles. The molecule has 1 unspecified atom stereocenters. The maximum Gasteiger partial charge on any atom is 0.416 e. The van der Waals surface area contributed by atoms with Crippen molar-refractivity contribution in [2.45, 2.75) is 12.2 Å². The molecule has 0 saturated carbocycles. The maximum atomic E-state index is 12.8. The third-order valence-corrected chi connectivity index (χ3v) is 3.52. The van der Waals surface area contributed by atoms with E-state index < -0.39 is 29.7 Å². The average molecular weight is 358 g/mol. The molecular formula is C16H11ClF3NO3. The number of carboxylic acids is 1. The lowest BCUT2D eigenvalue weighted by atomic mass is 10.0. The topological polar surface area (TPSA) is 66.4 Å². The number of aliphatic carboxylic acids is 1. The minimum atomic E-state index is -4.62. The fourth-order valence-corrected chi connectivity index (χ4v) is 2.26. The van der Waals surface area contributed by atoms with Crippen molar-refractivity contribution < 1.29 is 27.9 Å². The molecule has 2 aromatic rings. The fraction of sp³-hybridized carbons (Fsp3) is 0.125. The van der Waals surface area contributed by atoms with Crippen molar-refractivity contribution in [1.29, 1.82) is 0 Å². The first kappa shape index (κ1) is 17.8. The highest BCUT2D eigenvalue weighted by Crippen LogP contribution is 2.31. The molecular weight excluding hydrogens is 347 g/mol. The predicted octanol–water partition coefficient (Wildman–Crippen LogP) is 3.91. The fourth-order valence-electron chi connectivity index (χ4n) is 2.04. The van der Waals surface area contributed by atoms with Crippen LogP contribution in [0.4, 0.5) is 13.2 Å². The van der Waals surface area contributed by atoms with E-state index in [9.17, 15) is 27.9 Å². The van der Waals surface area contributed by atoms with E-state index in [-0.39, 0.29) is 16.1 Å². The number of carbonyl (C=O) groups is 2. The van der Waals surface area contributed by atoms with Crippen LogP contribution in [0.25, 0.3) is 0 Å². The Bertz CT molecular complexity index is 777. The number of halogens is 4. The molecule has 24 heavy (non-hydrogen) atoms. The van der Waals surface area contributed by atoms with E-state index in [4.69, 9.17) is 11.6 Å². The molecule has 2 aromatic carbocycles. The third-order valence-electron chi connectivity index (χ3n) is 3.19. The summed E-state index contributed by atoms with van der Waals surface area (Å²) in [5, 5.41) is 11.5. The number of alkyl halides is 3. The minimum absolute atomic E-state index is 0.0254. The predicted molar refractivity (Wildman–Crippen MR) is 80.7 cm³/mol. The van der Waals surface area contributed by atoms with Crippen LogP contribution < -0.4 is 5.32 Å². The number of rotatable bonds is 4. The van der Waals surface area contributed by atoms with Gasteiger partial charge in [-0.1, -0.05) is 35.9 Å². The second kappa shape index (κ2) is 6.92. The monoisotopic (exact) mass is 357 g/mol. The van der Waals surface area contributed by atoms with Crippen LogP contribution in [0.1, 0.15) is 27.5 Å². The van der Waals surface area contributed by atoms with Gasteiger partial charge in [0, 0.05) is 0 Å². The number of hydrogen-bond acceptors (Lipinski definition) is 2. The van der Waals surface area contributed by atoms with E-state index >= 15 is 0 Å². The van der Waals surface area contributed by atoms with Crippen LogP contribution in [0.2, 0.25) is 5.02 Å². The largest absolute Gasteiger partial charge is 0.479 e. The van der Waals surface area contributed by atoms with Crippen molar-refractivity contribution in [3.8, 4) is 0 Å². The maximum absolute atomic E-state index is 12.8. The SMILES string of the molecule is O=C(NC(C(=O)O)c1cccc(C(F)(F)F)c1)c1ccccc1Cl. The number of benzene rings is 2. The molecule has 0 saturated heterocycles. The number of carbonyl (C=O) groups excluding carboxylic acids is 1. The Kier molecular flexibility index (Phi) is 5.14. The van der Waals surface area contributed by atoms with Crippen LogP contribution in [-0.4, -0.2) is 17.0 Å². The van der Waals surface area contributed by atoms with Gasteiger partial charge in [0.15, 0.2) is 6.04 Å². The molecule has 2 N–H and O–H groups in total. The lowest BCUT2D eigenvalue weighted by Gasteiger charge is -2.17. The zero-order chi connectivity index (χ0) is 17.9. The normalized spacial score (nSPS) is 12.5. The molecule has 2 rings (SSSR count). The Morgan fingerprint density at radius 1 is 1.08 bits per heavy atom. The summed E-state index contributed by atoms with van der Waals surface area (Å²) < 4.78 is 38.3. The van der Waals surface area contributed by atoms with Crippen molar-refractivity contribution in [1.82, 2.24) is 5.32 Å². The second-order valence-electron chi connectivity index (χ2n) is 4.85. The molecule has 8 heteroatoms. The molecule has 1 amide bonds. The van der Waals surface area contributed by atoms with Crippen LogP contribution in [0.3, 0.4) is 0 Å². The molecule has 1 atom stereocenters. The molecule has 0 aliphatic heterocycles. The molecule has 0 radical (unpaired) electrons. The zero-order valence-electron chi connectivity index (χ0n) is 12.0. The molecule has 0 bridgehead atoms. The summed E-state index contributed by atoms with van der Waals surface area (Å²) in [6.07, 6.45) is -4.62. The second-order valence-corrected chi connectivity index (χ2v) is 5.25. The summed E-state index contributed by atoms with van der Waals surface area (Å²) in [6, 6.07) is 8.07. The van der Waals surface area contributed by atoms with Crippen LogP contribution in [0.15, 0.2) is 48.5 Å². The summed E-state index contributed by atoms with van der Waals surface area (Å²) in [7, 11) is 0. The van der Waals surface area contributed by atoms with Crippen molar-refractivity contribution in [3.05, 3.63) is 70.2 Å². The Morgan fingerprint density at radius 3 is 2.33 bits per heavy atom. The Morgan fingerprint density at radius 2 is 1.75 bits per heavy atom. The number of amides is 1. The van der Waals surface area contributed by atoms with Gasteiger partial charge in [0.05, 0.1) is 16.1 Å². The lowest BCUT2D eigenvalue weighted by Crippen LogP contribution is -2.34. The summed E-state index contributed by atoms with van der Waals surface area (Å²) in [5.41, 5.74) is -1.17. The van der Waals surface area contributed by atoms with Gasteiger partial charge in [0.1, 0.15) is 0 Å². The van der Waals surface area contributed by atoms with Crippen molar-refractivity contribution in [3.63, 3.8) is 0 Å². The quantitative estimate of drug-likeness (QED) is 0.871. The molecule has 126 valence electrons. The van der Waals surface area contributed by atoms with Gasteiger partial charge in [-0.15, -0.1) is 0 Å². The van der Waals surface area contributed by atoms with Gasteiger partial charge in [-0.05, 0) is 29.8 Å². The average Bonchev–Trinajstić information content (AvgIpc) is 2.52. The van der Waals surface area contributed by atoms with Gasteiger partial charge in [0.25, 0.3) is 5.91 Å². The highest BCUT2D eigenvalue weighted by molar-refractivity contribution is 6.33.